The third kappa shape index (κ3) is 3.49. The highest BCUT2D eigenvalue weighted by Crippen LogP contribution is 2.23. The molecule has 0 saturated carbocycles. The first-order valence-electron chi connectivity index (χ1n) is 7.68. The number of benzene rings is 1. The van der Waals surface area contributed by atoms with Crippen molar-refractivity contribution >= 4 is 34.1 Å². The van der Waals surface area contributed by atoms with E-state index in [4.69, 9.17) is 4.42 Å². The number of fused-ring (bicyclic) bond motifs is 1. The van der Waals surface area contributed by atoms with Gasteiger partial charge in [0.15, 0.2) is 0 Å². The molecule has 0 saturated heterocycles. The fraction of sp³-hybridized carbons (Fsp3) is 0.222. The van der Waals surface area contributed by atoms with E-state index in [-0.39, 0.29) is 17.9 Å². The van der Waals surface area contributed by atoms with Crippen LogP contribution >= 0.6 is 11.3 Å². The van der Waals surface area contributed by atoms with Crippen LogP contribution in [-0.2, 0) is 4.79 Å². The molecule has 2 N–H and O–H groups in total. The fourth-order valence-electron chi connectivity index (χ4n) is 2.37. The first kappa shape index (κ1) is 16.3. The topological polar surface area (TPSA) is 71.3 Å². The molecule has 2 amide bonds. The number of amides is 2. The number of thiophene rings is 1. The summed E-state index contributed by atoms with van der Waals surface area (Å²) in [7, 11) is 0. The zero-order chi connectivity index (χ0) is 17.1. The van der Waals surface area contributed by atoms with Gasteiger partial charge in [0.2, 0.25) is 5.91 Å². The molecular weight excluding hydrogens is 324 g/mol. The van der Waals surface area contributed by atoms with Gasteiger partial charge in [-0.3, -0.25) is 9.59 Å². The second-order valence-electron chi connectivity index (χ2n) is 5.59. The molecule has 3 aromatic rings. The number of rotatable bonds is 5. The highest BCUT2D eigenvalue weighted by Gasteiger charge is 2.20. The van der Waals surface area contributed by atoms with E-state index in [0.717, 1.165) is 11.0 Å². The van der Waals surface area contributed by atoms with Gasteiger partial charge in [-0.2, -0.15) is 0 Å². The Bertz CT molecular complexity index is 821. The normalized spacial score (nSPS) is 13.4. The van der Waals surface area contributed by atoms with E-state index in [9.17, 15) is 9.59 Å². The van der Waals surface area contributed by atoms with Crippen molar-refractivity contribution in [3.05, 3.63) is 58.5 Å². The second-order valence-corrected chi connectivity index (χ2v) is 6.54. The Morgan fingerprint density at radius 2 is 1.88 bits per heavy atom. The van der Waals surface area contributed by atoms with E-state index in [1.807, 2.05) is 42.6 Å². The molecule has 6 heteroatoms. The summed E-state index contributed by atoms with van der Waals surface area (Å²) in [5, 5.41) is 8.37. The predicted molar refractivity (Wildman–Crippen MR) is 94.0 cm³/mol. The number of hydrogen-bond donors (Lipinski definition) is 2. The van der Waals surface area contributed by atoms with Gasteiger partial charge in [0.1, 0.15) is 17.4 Å². The highest BCUT2D eigenvalue weighted by atomic mass is 32.1. The Hall–Kier alpha value is -2.60. The van der Waals surface area contributed by atoms with Crippen molar-refractivity contribution in [2.24, 2.45) is 0 Å². The van der Waals surface area contributed by atoms with Crippen LogP contribution in [0.15, 0.2) is 52.3 Å². The van der Waals surface area contributed by atoms with Crippen molar-refractivity contribution in [1.29, 1.82) is 0 Å². The number of nitrogens with one attached hydrogen (secondary N) is 2. The van der Waals surface area contributed by atoms with Gasteiger partial charge < -0.3 is 15.1 Å². The number of hydrogen-bond acceptors (Lipinski definition) is 4. The molecule has 5 nitrogen and oxygen atoms in total. The summed E-state index contributed by atoms with van der Waals surface area (Å²) in [5.41, 5.74) is 0.785. The zero-order valence-corrected chi connectivity index (χ0v) is 14.2. The van der Waals surface area contributed by atoms with Crippen LogP contribution in [0.1, 0.15) is 35.3 Å². The maximum atomic E-state index is 12.3. The Kier molecular flexibility index (Phi) is 4.66. The molecule has 1 aromatic carbocycles. The average molecular weight is 342 g/mol. The molecule has 0 radical (unpaired) electrons. The van der Waals surface area contributed by atoms with Gasteiger partial charge >= 0.3 is 0 Å². The molecule has 0 bridgehead atoms. The Morgan fingerprint density at radius 3 is 2.58 bits per heavy atom. The summed E-state index contributed by atoms with van der Waals surface area (Å²) < 4.78 is 5.75. The summed E-state index contributed by atoms with van der Waals surface area (Å²) in [6.45, 7) is 3.51. The third-order valence-electron chi connectivity index (χ3n) is 3.72. The fourth-order valence-corrected chi connectivity index (χ4v) is 2.99. The average Bonchev–Trinajstić information content (AvgIpc) is 3.23. The molecule has 3 rings (SSSR count). The van der Waals surface area contributed by atoms with E-state index >= 15 is 0 Å². The van der Waals surface area contributed by atoms with Crippen molar-refractivity contribution < 1.29 is 14.0 Å². The quantitative estimate of drug-likeness (QED) is 0.745. The lowest BCUT2D eigenvalue weighted by Gasteiger charge is -2.17. The van der Waals surface area contributed by atoms with Crippen molar-refractivity contribution in [2.75, 3.05) is 0 Å². The van der Waals surface area contributed by atoms with E-state index in [2.05, 4.69) is 10.6 Å². The van der Waals surface area contributed by atoms with Crippen molar-refractivity contribution in [3.8, 4) is 0 Å². The SMILES string of the molecule is CC(NC(=O)c1cccs1)C(=O)NC(C)c1cc2ccccc2o1. The maximum absolute atomic E-state index is 12.3. The summed E-state index contributed by atoms with van der Waals surface area (Å²) in [6, 6.07) is 12.2. The highest BCUT2D eigenvalue weighted by molar-refractivity contribution is 7.12. The molecular formula is C18H18N2O3S. The van der Waals surface area contributed by atoms with E-state index in [1.165, 1.54) is 11.3 Å². The first-order valence-corrected chi connectivity index (χ1v) is 8.56. The van der Waals surface area contributed by atoms with E-state index in [1.54, 1.807) is 19.1 Å². The van der Waals surface area contributed by atoms with Crippen LogP contribution in [0.25, 0.3) is 11.0 Å². The molecule has 0 spiro atoms. The number of carbonyl (C=O) groups is 2. The molecule has 2 atom stereocenters. The lowest BCUT2D eigenvalue weighted by atomic mass is 10.2. The van der Waals surface area contributed by atoms with Crippen LogP contribution in [0.5, 0.6) is 0 Å². The van der Waals surface area contributed by atoms with Gasteiger partial charge in [0.05, 0.1) is 10.9 Å². The molecule has 0 fully saturated rings. The van der Waals surface area contributed by atoms with Crippen molar-refractivity contribution in [2.45, 2.75) is 25.9 Å². The van der Waals surface area contributed by atoms with Gasteiger partial charge in [0, 0.05) is 5.39 Å². The molecule has 2 unspecified atom stereocenters. The van der Waals surface area contributed by atoms with Gasteiger partial charge in [-0.15, -0.1) is 11.3 Å². The lowest BCUT2D eigenvalue weighted by molar-refractivity contribution is -0.123. The van der Waals surface area contributed by atoms with Gasteiger partial charge in [-0.25, -0.2) is 0 Å². The Morgan fingerprint density at radius 1 is 1.08 bits per heavy atom. The first-order chi connectivity index (χ1) is 11.5. The van der Waals surface area contributed by atoms with Gasteiger partial charge in [0.25, 0.3) is 5.91 Å². The van der Waals surface area contributed by atoms with Crippen molar-refractivity contribution in [1.82, 2.24) is 10.6 Å². The summed E-state index contributed by atoms with van der Waals surface area (Å²) in [6.07, 6.45) is 0. The Labute approximate surface area is 143 Å². The molecule has 0 aliphatic heterocycles. The predicted octanol–water partition coefficient (Wildman–Crippen LogP) is 3.49. The lowest BCUT2D eigenvalue weighted by Crippen LogP contribution is -2.45. The minimum absolute atomic E-state index is 0.246. The molecule has 0 aliphatic rings. The van der Waals surface area contributed by atoms with E-state index < -0.39 is 6.04 Å². The summed E-state index contributed by atoms with van der Waals surface area (Å²) in [4.78, 5) is 24.9. The van der Waals surface area contributed by atoms with Crippen molar-refractivity contribution in [3.63, 3.8) is 0 Å². The van der Waals surface area contributed by atoms with Crippen LogP contribution in [-0.4, -0.2) is 17.9 Å². The third-order valence-corrected chi connectivity index (χ3v) is 4.58. The molecule has 0 aliphatic carbocycles. The molecule has 2 heterocycles. The van der Waals surface area contributed by atoms with Gasteiger partial charge in [-0.05, 0) is 37.4 Å². The van der Waals surface area contributed by atoms with E-state index in [0.29, 0.717) is 10.6 Å². The minimum Gasteiger partial charge on any atom is -0.459 e. The molecule has 124 valence electrons. The van der Waals surface area contributed by atoms with Crippen LogP contribution in [0, 0.1) is 0 Å². The van der Waals surface area contributed by atoms with Crippen LogP contribution in [0.3, 0.4) is 0 Å². The zero-order valence-electron chi connectivity index (χ0n) is 13.4. The molecule has 2 aromatic heterocycles. The monoisotopic (exact) mass is 342 g/mol. The summed E-state index contributed by atoms with van der Waals surface area (Å²) in [5.74, 6) is 0.179. The largest absolute Gasteiger partial charge is 0.459 e. The Balaban J connectivity index is 1.61. The second kappa shape index (κ2) is 6.88. The smallest absolute Gasteiger partial charge is 0.261 e. The maximum Gasteiger partial charge on any atom is 0.261 e. The minimum atomic E-state index is -0.633. The van der Waals surface area contributed by atoms with Crippen LogP contribution < -0.4 is 10.6 Å². The molecule has 24 heavy (non-hydrogen) atoms. The standard InChI is InChI=1S/C18H18N2O3S/c1-11(15-10-13-6-3-4-7-14(13)23-15)19-17(21)12(2)20-18(22)16-8-5-9-24-16/h3-12H,1-2H3,(H,19,21)(H,20,22). The number of para-hydroxylation sites is 1. The number of carbonyl (C=O) groups excluding carboxylic acids is 2. The van der Waals surface area contributed by atoms with Gasteiger partial charge in [-0.1, -0.05) is 24.3 Å². The number of furan rings is 1. The summed E-state index contributed by atoms with van der Waals surface area (Å²) >= 11 is 1.34. The van der Waals surface area contributed by atoms with Crippen LogP contribution in [0.2, 0.25) is 0 Å². The van der Waals surface area contributed by atoms with Crippen LogP contribution in [0.4, 0.5) is 0 Å².